The molecule has 0 fully saturated rings. The fraction of sp³-hybridized carbons (Fsp3) is 0.211. The summed E-state index contributed by atoms with van der Waals surface area (Å²) in [4.78, 5) is 0. The molecular weight excluding hydrogens is 300 g/mol. The summed E-state index contributed by atoms with van der Waals surface area (Å²) in [5, 5.41) is 20.3. The van der Waals surface area contributed by atoms with Gasteiger partial charge < -0.3 is 9.73 Å². The predicted octanol–water partition coefficient (Wildman–Crippen LogP) is 4.28. The molecular formula is C19H18N4O. The van der Waals surface area contributed by atoms with Crippen LogP contribution in [0, 0.1) is 18.3 Å². The molecule has 0 saturated carbocycles. The van der Waals surface area contributed by atoms with Crippen molar-refractivity contribution in [1.82, 2.24) is 10.2 Å². The molecule has 0 radical (unpaired) electrons. The second-order valence-corrected chi connectivity index (χ2v) is 5.71. The molecule has 5 heteroatoms. The summed E-state index contributed by atoms with van der Waals surface area (Å²) in [6.45, 7) is 4.00. The fourth-order valence-electron chi connectivity index (χ4n) is 2.43. The first-order chi connectivity index (χ1) is 11.7. The van der Waals surface area contributed by atoms with Crippen LogP contribution in [0.2, 0.25) is 0 Å². The van der Waals surface area contributed by atoms with Gasteiger partial charge in [0.15, 0.2) is 0 Å². The lowest BCUT2D eigenvalue weighted by Gasteiger charge is -2.11. The first kappa shape index (κ1) is 15.8. The lowest BCUT2D eigenvalue weighted by atomic mass is 10.1. The Balaban J connectivity index is 1.71. The van der Waals surface area contributed by atoms with Gasteiger partial charge in [-0.1, -0.05) is 29.8 Å². The van der Waals surface area contributed by atoms with Gasteiger partial charge in [-0.05, 0) is 43.7 Å². The second-order valence-electron chi connectivity index (χ2n) is 5.71. The van der Waals surface area contributed by atoms with Gasteiger partial charge in [0, 0.05) is 11.3 Å². The number of hydrogen-bond donors (Lipinski definition) is 1. The van der Waals surface area contributed by atoms with E-state index in [4.69, 9.17) is 9.68 Å². The molecule has 0 unspecified atom stereocenters. The topological polar surface area (TPSA) is 74.7 Å². The van der Waals surface area contributed by atoms with E-state index in [9.17, 15) is 0 Å². The maximum atomic E-state index is 8.70. The van der Waals surface area contributed by atoms with Crippen LogP contribution in [0.4, 0.5) is 5.69 Å². The molecule has 0 bridgehead atoms. The van der Waals surface area contributed by atoms with E-state index in [0.29, 0.717) is 18.2 Å². The SMILES string of the molecule is Cc1cccc(-c2nnc([C@H](C)Nc3ccc(CC#N)cc3)o2)c1. The summed E-state index contributed by atoms with van der Waals surface area (Å²) in [7, 11) is 0. The third-order valence-electron chi connectivity index (χ3n) is 3.70. The maximum Gasteiger partial charge on any atom is 0.247 e. The molecule has 3 aromatic rings. The van der Waals surface area contributed by atoms with Gasteiger partial charge in [0.05, 0.1) is 12.5 Å². The summed E-state index contributed by atoms with van der Waals surface area (Å²) in [5.74, 6) is 1.05. The van der Waals surface area contributed by atoms with Gasteiger partial charge in [0.1, 0.15) is 6.04 Å². The Morgan fingerprint density at radius 2 is 1.96 bits per heavy atom. The van der Waals surface area contributed by atoms with Crippen molar-refractivity contribution in [3.63, 3.8) is 0 Å². The minimum absolute atomic E-state index is 0.113. The first-order valence-electron chi connectivity index (χ1n) is 7.78. The number of aryl methyl sites for hydroxylation is 1. The first-order valence-corrected chi connectivity index (χ1v) is 7.78. The third kappa shape index (κ3) is 3.61. The highest BCUT2D eigenvalue weighted by Gasteiger charge is 2.15. The van der Waals surface area contributed by atoms with E-state index in [1.807, 2.05) is 62.4 Å². The van der Waals surface area contributed by atoms with Crippen LogP contribution in [0.25, 0.3) is 11.5 Å². The average molecular weight is 318 g/mol. The largest absolute Gasteiger partial charge is 0.418 e. The monoisotopic (exact) mass is 318 g/mol. The minimum Gasteiger partial charge on any atom is -0.418 e. The van der Waals surface area contributed by atoms with E-state index in [-0.39, 0.29) is 6.04 Å². The molecule has 0 saturated heterocycles. The number of nitrogens with zero attached hydrogens (tertiary/aromatic N) is 3. The molecule has 2 aromatic carbocycles. The zero-order chi connectivity index (χ0) is 16.9. The van der Waals surface area contributed by atoms with Crippen LogP contribution in [0.15, 0.2) is 52.9 Å². The number of nitriles is 1. The molecule has 0 spiro atoms. The van der Waals surface area contributed by atoms with Crippen molar-refractivity contribution in [2.75, 3.05) is 5.32 Å². The molecule has 1 N–H and O–H groups in total. The van der Waals surface area contributed by atoms with Crippen molar-refractivity contribution in [3.05, 3.63) is 65.5 Å². The molecule has 120 valence electrons. The van der Waals surface area contributed by atoms with Crippen molar-refractivity contribution >= 4 is 5.69 Å². The summed E-state index contributed by atoms with van der Waals surface area (Å²) < 4.78 is 5.79. The van der Waals surface area contributed by atoms with Crippen molar-refractivity contribution in [1.29, 1.82) is 5.26 Å². The standard InChI is InChI=1S/C19H18N4O/c1-13-4-3-5-16(12-13)19-23-22-18(24-19)14(2)21-17-8-6-15(7-9-17)10-11-20/h3-9,12,14,21H,10H2,1-2H3/t14-/m0/s1. The highest BCUT2D eigenvalue weighted by atomic mass is 16.4. The summed E-state index contributed by atoms with van der Waals surface area (Å²) in [6.07, 6.45) is 0.416. The van der Waals surface area contributed by atoms with E-state index in [0.717, 1.165) is 22.4 Å². The predicted molar refractivity (Wildman–Crippen MR) is 92.3 cm³/mol. The van der Waals surface area contributed by atoms with Gasteiger partial charge in [0.25, 0.3) is 0 Å². The average Bonchev–Trinajstić information content (AvgIpc) is 3.07. The summed E-state index contributed by atoms with van der Waals surface area (Å²) >= 11 is 0. The molecule has 1 atom stereocenters. The number of nitrogens with one attached hydrogen (secondary N) is 1. The Morgan fingerprint density at radius 3 is 2.67 bits per heavy atom. The number of hydrogen-bond acceptors (Lipinski definition) is 5. The van der Waals surface area contributed by atoms with E-state index < -0.39 is 0 Å². The smallest absolute Gasteiger partial charge is 0.247 e. The molecule has 0 amide bonds. The maximum absolute atomic E-state index is 8.70. The van der Waals surface area contributed by atoms with Gasteiger partial charge >= 0.3 is 0 Å². The van der Waals surface area contributed by atoms with Crippen LogP contribution in [-0.4, -0.2) is 10.2 Å². The fourth-order valence-corrected chi connectivity index (χ4v) is 2.43. The zero-order valence-electron chi connectivity index (χ0n) is 13.7. The van der Waals surface area contributed by atoms with Crippen LogP contribution >= 0.6 is 0 Å². The Labute approximate surface area is 141 Å². The zero-order valence-corrected chi connectivity index (χ0v) is 13.7. The molecule has 3 rings (SSSR count). The van der Waals surface area contributed by atoms with E-state index in [1.54, 1.807) is 0 Å². The van der Waals surface area contributed by atoms with Gasteiger partial charge in [-0.2, -0.15) is 5.26 Å². The Hall–Kier alpha value is -3.13. The van der Waals surface area contributed by atoms with Crippen LogP contribution in [-0.2, 0) is 6.42 Å². The van der Waals surface area contributed by atoms with Crippen molar-refractivity contribution in [3.8, 4) is 17.5 Å². The Kier molecular flexibility index (Phi) is 4.57. The van der Waals surface area contributed by atoms with Gasteiger partial charge in [0.2, 0.25) is 11.8 Å². The number of aromatic nitrogens is 2. The number of benzene rings is 2. The highest BCUT2D eigenvalue weighted by molar-refractivity contribution is 5.53. The number of anilines is 1. The molecule has 0 aliphatic rings. The van der Waals surface area contributed by atoms with E-state index in [1.165, 1.54) is 0 Å². The van der Waals surface area contributed by atoms with E-state index in [2.05, 4.69) is 21.6 Å². The molecule has 24 heavy (non-hydrogen) atoms. The second kappa shape index (κ2) is 6.97. The normalized spacial score (nSPS) is 11.7. The van der Waals surface area contributed by atoms with Crippen LogP contribution < -0.4 is 5.32 Å². The van der Waals surface area contributed by atoms with Crippen molar-refractivity contribution < 1.29 is 4.42 Å². The Bertz CT molecular complexity index is 862. The Morgan fingerprint density at radius 1 is 1.17 bits per heavy atom. The van der Waals surface area contributed by atoms with Gasteiger partial charge in [-0.25, -0.2) is 0 Å². The van der Waals surface area contributed by atoms with Crippen LogP contribution in [0.3, 0.4) is 0 Å². The van der Waals surface area contributed by atoms with Gasteiger partial charge in [-0.15, -0.1) is 10.2 Å². The summed E-state index contributed by atoms with van der Waals surface area (Å²) in [6, 6.07) is 17.8. The van der Waals surface area contributed by atoms with E-state index >= 15 is 0 Å². The quantitative estimate of drug-likeness (QED) is 0.759. The molecule has 1 aromatic heterocycles. The number of rotatable bonds is 5. The minimum atomic E-state index is -0.113. The lowest BCUT2D eigenvalue weighted by Crippen LogP contribution is -2.06. The molecule has 1 heterocycles. The molecule has 0 aliphatic carbocycles. The molecule has 0 aliphatic heterocycles. The van der Waals surface area contributed by atoms with Gasteiger partial charge in [-0.3, -0.25) is 0 Å². The summed E-state index contributed by atoms with van der Waals surface area (Å²) in [5.41, 5.74) is 4.01. The molecule has 5 nitrogen and oxygen atoms in total. The van der Waals surface area contributed by atoms with Crippen LogP contribution in [0.5, 0.6) is 0 Å². The van der Waals surface area contributed by atoms with Crippen molar-refractivity contribution in [2.24, 2.45) is 0 Å². The lowest BCUT2D eigenvalue weighted by molar-refractivity contribution is 0.485. The van der Waals surface area contributed by atoms with Crippen LogP contribution in [0.1, 0.15) is 30.0 Å². The van der Waals surface area contributed by atoms with Crippen molar-refractivity contribution in [2.45, 2.75) is 26.3 Å². The highest BCUT2D eigenvalue weighted by Crippen LogP contribution is 2.23. The third-order valence-corrected chi connectivity index (χ3v) is 3.70.